The lowest BCUT2D eigenvalue weighted by atomic mass is 9.97. The van der Waals surface area contributed by atoms with Crippen molar-refractivity contribution in [1.29, 1.82) is 0 Å². The fraction of sp³-hybridized carbons (Fsp3) is 0.409. The Morgan fingerprint density at radius 2 is 1.90 bits per heavy atom. The molecule has 0 saturated heterocycles. The highest BCUT2D eigenvalue weighted by atomic mass is 35.5. The summed E-state index contributed by atoms with van der Waals surface area (Å²) >= 11 is 1.75. The standard InChI is InChI=1S/C22H28N2O4S2.ClH/c1-16-14-20(29-15-16)19-6-4-17(5-7-19)18-8-11-24(12-9-18)13-10-22(2,21(25)23-26)30(3,27)28;/h4-8,14-15,26H,9-13H2,1-3H3,(H,23,25);1H. The number of rotatable bonds is 7. The van der Waals surface area contributed by atoms with Crippen LogP contribution in [0.15, 0.2) is 41.8 Å². The highest BCUT2D eigenvalue weighted by Crippen LogP contribution is 2.30. The first-order valence-corrected chi connectivity index (χ1v) is 12.6. The second-order valence-corrected chi connectivity index (χ2v) is 11.4. The first-order valence-electron chi connectivity index (χ1n) is 9.85. The zero-order valence-corrected chi connectivity index (χ0v) is 20.4. The quantitative estimate of drug-likeness (QED) is 0.459. The van der Waals surface area contributed by atoms with E-state index in [-0.39, 0.29) is 18.8 Å². The highest BCUT2D eigenvalue weighted by molar-refractivity contribution is 7.92. The van der Waals surface area contributed by atoms with E-state index in [0.717, 1.165) is 19.2 Å². The number of nitrogens with one attached hydrogen (secondary N) is 1. The molecule has 1 aromatic heterocycles. The zero-order chi connectivity index (χ0) is 21.9. The predicted octanol–water partition coefficient (Wildman–Crippen LogP) is 3.93. The summed E-state index contributed by atoms with van der Waals surface area (Å²) in [6, 6.07) is 10.8. The van der Waals surface area contributed by atoms with E-state index in [1.54, 1.807) is 11.3 Å². The third kappa shape index (κ3) is 5.75. The Balaban J connectivity index is 0.00000341. The Labute approximate surface area is 194 Å². The molecule has 3 rings (SSSR count). The average Bonchev–Trinajstić information content (AvgIpc) is 3.17. The lowest BCUT2D eigenvalue weighted by Crippen LogP contribution is -2.51. The molecule has 0 radical (unpaired) electrons. The van der Waals surface area contributed by atoms with Crippen LogP contribution < -0.4 is 5.48 Å². The first kappa shape index (κ1) is 25.5. The number of aryl methyl sites for hydroxylation is 1. The van der Waals surface area contributed by atoms with Gasteiger partial charge < -0.3 is 0 Å². The largest absolute Gasteiger partial charge is 0.299 e. The molecule has 1 aromatic carbocycles. The third-order valence-corrected chi connectivity index (χ3v) is 8.99. The van der Waals surface area contributed by atoms with E-state index < -0.39 is 20.5 Å². The minimum Gasteiger partial charge on any atom is -0.299 e. The molecule has 1 aliphatic heterocycles. The fourth-order valence-corrected chi connectivity index (χ4v) is 5.32. The second kappa shape index (κ2) is 10.3. The molecule has 0 spiro atoms. The summed E-state index contributed by atoms with van der Waals surface area (Å²) in [5, 5.41) is 11.1. The number of carbonyl (C=O) groups is 1. The maximum Gasteiger partial charge on any atom is 0.264 e. The van der Waals surface area contributed by atoms with Crippen LogP contribution in [0.5, 0.6) is 0 Å². The lowest BCUT2D eigenvalue weighted by Gasteiger charge is -2.31. The Morgan fingerprint density at radius 3 is 2.39 bits per heavy atom. The van der Waals surface area contributed by atoms with Crippen molar-refractivity contribution in [1.82, 2.24) is 10.4 Å². The summed E-state index contributed by atoms with van der Waals surface area (Å²) in [6.45, 7) is 5.40. The minimum atomic E-state index is -3.67. The summed E-state index contributed by atoms with van der Waals surface area (Å²) in [5.41, 5.74) is 6.47. The van der Waals surface area contributed by atoms with Crippen LogP contribution in [0.1, 0.15) is 30.9 Å². The summed E-state index contributed by atoms with van der Waals surface area (Å²) in [6.07, 6.45) is 4.17. The maximum absolute atomic E-state index is 12.1. The van der Waals surface area contributed by atoms with Gasteiger partial charge in [-0.05, 0) is 60.4 Å². The SMILES string of the molecule is Cc1csc(-c2ccc(C3=CCN(CCC(C)(C(=O)NO)S(C)(=O)=O)CC3)cc2)c1.Cl. The fourth-order valence-electron chi connectivity index (χ4n) is 3.56. The number of hydroxylamine groups is 1. The van der Waals surface area contributed by atoms with Crippen molar-refractivity contribution in [3.8, 4) is 10.4 Å². The molecule has 1 atom stereocenters. The van der Waals surface area contributed by atoms with Crippen molar-refractivity contribution in [2.24, 2.45) is 0 Å². The molecule has 1 unspecified atom stereocenters. The van der Waals surface area contributed by atoms with Gasteiger partial charge in [0.1, 0.15) is 0 Å². The minimum absolute atomic E-state index is 0. The number of benzene rings is 1. The maximum atomic E-state index is 12.1. The van der Waals surface area contributed by atoms with Gasteiger partial charge in [0.2, 0.25) is 0 Å². The average molecular weight is 485 g/mol. The molecule has 1 aliphatic rings. The van der Waals surface area contributed by atoms with Crippen molar-refractivity contribution in [3.63, 3.8) is 0 Å². The number of thiophene rings is 1. The van der Waals surface area contributed by atoms with Crippen LogP contribution in [0.3, 0.4) is 0 Å². The molecule has 0 aliphatic carbocycles. The summed E-state index contributed by atoms with van der Waals surface area (Å²) in [4.78, 5) is 15.3. The van der Waals surface area contributed by atoms with Gasteiger partial charge in [-0.2, -0.15) is 0 Å². The van der Waals surface area contributed by atoms with E-state index in [9.17, 15) is 13.2 Å². The van der Waals surface area contributed by atoms with E-state index in [1.165, 1.54) is 39.5 Å². The Kier molecular flexibility index (Phi) is 8.47. The number of hydrogen-bond donors (Lipinski definition) is 2. The Morgan fingerprint density at radius 1 is 1.26 bits per heavy atom. The molecule has 2 N–H and O–H groups in total. The Bertz CT molecular complexity index is 1050. The van der Waals surface area contributed by atoms with Gasteiger partial charge in [0.15, 0.2) is 14.6 Å². The number of carbonyl (C=O) groups excluding carboxylic acids is 1. The third-order valence-electron chi connectivity index (χ3n) is 5.87. The molecule has 2 heterocycles. The molecule has 9 heteroatoms. The van der Waals surface area contributed by atoms with Gasteiger partial charge in [-0.1, -0.05) is 30.3 Å². The number of sulfone groups is 1. The van der Waals surface area contributed by atoms with Crippen LogP contribution in [-0.2, 0) is 14.6 Å². The summed E-state index contributed by atoms with van der Waals surface area (Å²) in [5.74, 6) is -0.890. The Hall–Kier alpha value is -1.71. The normalized spacial score (nSPS) is 16.7. The summed E-state index contributed by atoms with van der Waals surface area (Å²) in [7, 11) is -3.67. The van der Waals surface area contributed by atoms with Crippen molar-refractivity contribution >= 4 is 45.1 Å². The number of hydrogen-bond acceptors (Lipinski definition) is 6. The molecule has 31 heavy (non-hydrogen) atoms. The molecule has 170 valence electrons. The van der Waals surface area contributed by atoms with Gasteiger partial charge in [0.25, 0.3) is 5.91 Å². The van der Waals surface area contributed by atoms with Crippen LogP contribution >= 0.6 is 23.7 Å². The van der Waals surface area contributed by atoms with Crippen LogP contribution in [0.2, 0.25) is 0 Å². The van der Waals surface area contributed by atoms with Crippen molar-refractivity contribution < 1.29 is 18.4 Å². The van der Waals surface area contributed by atoms with E-state index >= 15 is 0 Å². The van der Waals surface area contributed by atoms with E-state index in [2.05, 4.69) is 53.6 Å². The predicted molar refractivity (Wildman–Crippen MR) is 129 cm³/mol. The van der Waals surface area contributed by atoms with Gasteiger partial charge in [0.05, 0.1) is 0 Å². The molecule has 0 fully saturated rings. The number of nitrogens with zero attached hydrogens (tertiary/aromatic N) is 1. The lowest BCUT2D eigenvalue weighted by molar-refractivity contribution is -0.131. The van der Waals surface area contributed by atoms with Gasteiger partial charge in [-0.3, -0.25) is 14.9 Å². The molecule has 0 bridgehead atoms. The monoisotopic (exact) mass is 484 g/mol. The number of amides is 1. The van der Waals surface area contributed by atoms with Gasteiger partial charge in [-0.25, -0.2) is 13.9 Å². The van der Waals surface area contributed by atoms with Crippen LogP contribution in [0.25, 0.3) is 16.0 Å². The van der Waals surface area contributed by atoms with E-state index in [0.29, 0.717) is 13.1 Å². The van der Waals surface area contributed by atoms with E-state index in [1.807, 2.05) is 0 Å². The van der Waals surface area contributed by atoms with Crippen LogP contribution in [-0.4, -0.2) is 55.1 Å². The molecular weight excluding hydrogens is 456 g/mol. The van der Waals surface area contributed by atoms with Gasteiger partial charge in [0, 0.05) is 30.8 Å². The topological polar surface area (TPSA) is 86.7 Å². The van der Waals surface area contributed by atoms with Crippen molar-refractivity contribution in [2.45, 2.75) is 31.4 Å². The van der Waals surface area contributed by atoms with Crippen LogP contribution in [0.4, 0.5) is 0 Å². The number of halogens is 1. The molecule has 1 amide bonds. The molecule has 0 saturated carbocycles. The highest BCUT2D eigenvalue weighted by Gasteiger charge is 2.43. The van der Waals surface area contributed by atoms with Gasteiger partial charge in [-0.15, -0.1) is 23.7 Å². The van der Waals surface area contributed by atoms with Crippen LogP contribution in [0, 0.1) is 6.92 Å². The van der Waals surface area contributed by atoms with Gasteiger partial charge >= 0.3 is 0 Å². The summed E-state index contributed by atoms with van der Waals surface area (Å²) < 4.78 is 22.5. The van der Waals surface area contributed by atoms with Crippen molar-refractivity contribution in [2.75, 3.05) is 25.9 Å². The second-order valence-electron chi connectivity index (χ2n) is 8.04. The zero-order valence-electron chi connectivity index (χ0n) is 17.9. The van der Waals surface area contributed by atoms with E-state index in [4.69, 9.17) is 5.21 Å². The smallest absolute Gasteiger partial charge is 0.264 e. The molecule has 2 aromatic rings. The molecular formula is C22H29ClN2O4S2. The first-order chi connectivity index (χ1) is 14.1. The molecule has 6 nitrogen and oxygen atoms in total. The van der Waals surface area contributed by atoms with Crippen molar-refractivity contribution in [3.05, 3.63) is 52.9 Å².